The molecule has 0 atom stereocenters. The number of allylic oxidation sites excluding steroid dienone is 2. The summed E-state index contributed by atoms with van der Waals surface area (Å²) >= 11 is 2.16. The number of rotatable bonds is 36. The lowest BCUT2D eigenvalue weighted by Crippen LogP contribution is -2.14. The molecule has 2 aromatic rings. The fourth-order valence-electron chi connectivity index (χ4n) is 7.38. The lowest BCUT2D eigenvalue weighted by molar-refractivity contribution is 0.0136. The first kappa shape index (κ1) is 51.6. The molecule has 2 aliphatic rings. The van der Waals surface area contributed by atoms with Crippen LogP contribution in [0.4, 0.5) is 0 Å². The number of carbonyl (C=O) groups excluding carboxylic acids is 4. The van der Waals surface area contributed by atoms with Crippen LogP contribution in [0.5, 0.6) is 0 Å². The minimum absolute atomic E-state index is 0.0516. The van der Waals surface area contributed by atoms with Crippen LogP contribution < -0.4 is 0 Å². The molecule has 0 aromatic heterocycles. The van der Waals surface area contributed by atoms with Gasteiger partial charge in [0.1, 0.15) is 13.2 Å². The topological polar surface area (TPSA) is 124 Å². The molecule has 4 rings (SSSR count). The zero-order valence-corrected chi connectivity index (χ0v) is 39.2. The number of carbonyl (C=O) groups is 4. The van der Waals surface area contributed by atoms with E-state index in [2.05, 4.69) is 13.8 Å². The predicted octanol–water partition coefficient (Wildman–Crippen LogP) is 12.4. The second-order valence-corrected chi connectivity index (χ2v) is 18.0. The summed E-state index contributed by atoms with van der Waals surface area (Å²) in [6, 6.07) is 9.76. The summed E-state index contributed by atoms with van der Waals surface area (Å²) < 4.78 is 33.6. The third-order valence-electron chi connectivity index (χ3n) is 10.9. The van der Waals surface area contributed by atoms with Crippen molar-refractivity contribution in [2.45, 2.75) is 152 Å². The molecule has 0 aliphatic carbocycles. The highest BCUT2D eigenvalue weighted by Crippen LogP contribution is 2.51. The molecule has 2 aromatic carbocycles. The zero-order valence-electron chi connectivity index (χ0n) is 37.6. The quantitative estimate of drug-likeness (QED) is 0.0367. The summed E-state index contributed by atoms with van der Waals surface area (Å²) in [5.41, 5.74) is 1.15. The molecule has 0 amide bonds. The van der Waals surface area contributed by atoms with Gasteiger partial charge in [-0.3, -0.25) is 9.59 Å². The average Bonchev–Trinajstić information content (AvgIpc) is 3.80. The molecule has 0 N–H and O–H groups in total. The number of fused-ring (bicyclic) bond motifs is 2. The fraction of sp³-hybridized carbons (Fsp3) is 0.640. The van der Waals surface area contributed by atoms with Crippen LogP contribution in [0.15, 0.2) is 56.0 Å². The van der Waals surface area contributed by atoms with Crippen LogP contribution in [-0.4, -0.2) is 89.6 Å². The van der Waals surface area contributed by atoms with Crippen molar-refractivity contribution >= 4 is 47.0 Å². The Hall–Kier alpha value is -3.00. The molecule has 62 heavy (non-hydrogen) atoms. The highest BCUT2D eigenvalue weighted by molar-refractivity contribution is 8.08. The van der Waals surface area contributed by atoms with E-state index in [9.17, 15) is 19.2 Å². The van der Waals surface area contributed by atoms with E-state index in [1.54, 1.807) is 36.4 Å². The maximum Gasteiger partial charge on any atom is 0.339 e. The van der Waals surface area contributed by atoms with Gasteiger partial charge in [-0.05, 0) is 37.1 Å². The zero-order chi connectivity index (χ0) is 44.0. The number of ether oxygens (including phenoxy) is 6. The van der Waals surface area contributed by atoms with E-state index in [4.69, 9.17) is 28.4 Å². The summed E-state index contributed by atoms with van der Waals surface area (Å²) in [5.74, 6) is -1.85. The highest BCUT2D eigenvalue weighted by Gasteiger charge is 2.39. The van der Waals surface area contributed by atoms with Crippen molar-refractivity contribution in [3.8, 4) is 0 Å². The van der Waals surface area contributed by atoms with Crippen LogP contribution in [0, 0.1) is 0 Å². The molecule has 2 aliphatic heterocycles. The molecule has 0 saturated carbocycles. The summed E-state index contributed by atoms with van der Waals surface area (Å²) in [6.07, 6.45) is 25.7. The van der Waals surface area contributed by atoms with Gasteiger partial charge in [0.25, 0.3) is 0 Å². The largest absolute Gasteiger partial charge is 0.460 e. The Labute approximate surface area is 379 Å². The van der Waals surface area contributed by atoms with E-state index < -0.39 is 11.9 Å². The molecule has 344 valence electrons. The number of Topliss-reactive ketones (excluding diaryl/α,β-unsaturated/α-hetero) is 2. The van der Waals surface area contributed by atoms with Gasteiger partial charge in [-0.25, -0.2) is 9.59 Å². The molecular weight excluding hydrogens is 825 g/mol. The molecule has 0 unspecified atom stereocenters. The van der Waals surface area contributed by atoms with Gasteiger partial charge in [0.2, 0.25) is 11.6 Å². The molecule has 0 bridgehead atoms. The number of unbranched alkanes of at least 4 members (excludes halogenated alkanes) is 18. The summed E-state index contributed by atoms with van der Waals surface area (Å²) in [4.78, 5) is 54.9. The Balaban J connectivity index is 1.10. The Morgan fingerprint density at radius 3 is 1.06 bits per heavy atom. The van der Waals surface area contributed by atoms with Crippen LogP contribution in [-0.2, 0) is 28.4 Å². The van der Waals surface area contributed by atoms with Crippen molar-refractivity contribution in [3.05, 3.63) is 68.5 Å². The second-order valence-electron chi connectivity index (χ2n) is 16.0. The molecule has 0 spiro atoms. The van der Waals surface area contributed by atoms with Gasteiger partial charge >= 0.3 is 11.9 Å². The van der Waals surface area contributed by atoms with E-state index in [1.165, 1.54) is 116 Å². The number of hydrogen-bond acceptors (Lipinski definition) is 12. The number of benzene rings is 2. The lowest BCUT2D eigenvalue weighted by atomic mass is 10.0. The maximum absolute atomic E-state index is 13.6. The Morgan fingerprint density at radius 1 is 0.403 bits per heavy atom. The minimum atomic E-state index is -0.575. The summed E-state index contributed by atoms with van der Waals surface area (Å²) in [5, 5.41) is 0. The SMILES string of the molecule is CCCCCCCCCCCCOCCOCCOC(=O)c1cccc2c1S/C(=C1\Sc3c(C(=O)OCCOCCOCCCCCCCCCCCC)cccc3C1=O)C2=O. The van der Waals surface area contributed by atoms with Gasteiger partial charge < -0.3 is 28.4 Å². The smallest absolute Gasteiger partial charge is 0.339 e. The van der Waals surface area contributed by atoms with Gasteiger partial charge in [0, 0.05) is 34.1 Å². The van der Waals surface area contributed by atoms with E-state index in [-0.39, 0.29) is 58.9 Å². The molecule has 12 heteroatoms. The Kier molecular flexibility index (Phi) is 26.5. The van der Waals surface area contributed by atoms with E-state index in [1.807, 2.05) is 0 Å². The summed E-state index contributed by atoms with van der Waals surface area (Å²) in [6.45, 7) is 8.28. The number of ketones is 2. The fourth-order valence-corrected chi connectivity index (χ4v) is 9.88. The molecular formula is C50H72O10S2. The van der Waals surface area contributed by atoms with Crippen molar-refractivity contribution < 1.29 is 47.6 Å². The highest BCUT2D eigenvalue weighted by atomic mass is 32.2. The lowest BCUT2D eigenvalue weighted by Gasteiger charge is -2.09. The first-order chi connectivity index (χ1) is 30.5. The molecule has 10 nitrogen and oxygen atoms in total. The monoisotopic (exact) mass is 896 g/mol. The first-order valence-corrected chi connectivity index (χ1v) is 25.2. The third kappa shape index (κ3) is 18.2. The number of hydrogen-bond donors (Lipinski definition) is 0. The van der Waals surface area contributed by atoms with E-state index in [0.717, 1.165) is 49.6 Å². The van der Waals surface area contributed by atoms with Crippen molar-refractivity contribution in [1.29, 1.82) is 0 Å². The average molecular weight is 897 g/mol. The predicted molar refractivity (Wildman–Crippen MR) is 248 cm³/mol. The minimum Gasteiger partial charge on any atom is -0.460 e. The van der Waals surface area contributed by atoms with Crippen molar-refractivity contribution in [3.63, 3.8) is 0 Å². The van der Waals surface area contributed by atoms with Crippen LogP contribution >= 0.6 is 23.5 Å². The van der Waals surface area contributed by atoms with Gasteiger partial charge in [-0.2, -0.15) is 0 Å². The van der Waals surface area contributed by atoms with Gasteiger partial charge in [0.05, 0.1) is 60.6 Å². The standard InChI is InChI=1S/C50H72O10S2/c1-3-5-7-9-11-13-15-17-19-21-29-55-31-33-57-35-37-59-49(53)41-27-23-25-39-43(51)47(61-45(39)41)48-44(52)40-26-24-28-42(46(40)62-48)50(54)60-38-36-58-34-32-56-30-22-20-18-16-14-12-10-8-6-4-2/h23-28H,3-22,29-38H2,1-2H3/b48-47-. The Morgan fingerprint density at radius 2 is 0.710 bits per heavy atom. The van der Waals surface area contributed by atoms with E-state index >= 15 is 0 Å². The molecule has 0 saturated heterocycles. The number of esters is 2. The van der Waals surface area contributed by atoms with Gasteiger partial charge in [-0.1, -0.05) is 165 Å². The molecule has 0 fully saturated rings. The van der Waals surface area contributed by atoms with Crippen LogP contribution in [0.1, 0.15) is 184 Å². The van der Waals surface area contributed by atoms with Gasteiger partial charge in [-0.15, -0.1) is 0 Å². The summed E-state index contributed by atoms with van der Waals surface area (Å²) in [7, 11) is 0. The van der Waals surface area contributed by atoms with Gasteiger partial charge in [0.15, 0.2) is 0 Å². The molecule has 2 heterocycles. The third-order valence-corrected chi connectivity index (χ3v) is 13.5. The van der Waals surface area contributed by atoms with Crippen LogP contribution in [0.3, 0.4) is 0 Å². The van der Waals surface area contributed by atoms with Crippen molar-refractivity contribution in [2.24, 2.45) is 0 Å². The first-order valence-electron chi connectivity index (χ1n) is 23.6. The maximum atomic E-state index is 13.6. The number of thioether (sulfide) groups is 2. The Bertz CT molecular complexity index is 1570. The van der Waals surface area contributed by atoms with Crippen LogP contribution in [0.25, 0.3) is 0 Å². The molecule has 0 radical (unpaired) electrons. The van der Waals surface area contributed by atoms with E-state index in [0.29, 0.717) is 47.3 Å². The van der Waals surface area contributed by atoms with Crippen LogP contribution in [0.2, 0.25) is 0 Å². The second kappa shape index (κ2) is 31.8. The van der Waals surface area contributed by atoms with Crippen molar-refractivity contribution in [1.82, 2.24) is 0 Å². The normalized spacial score (nSPS) is 14.4. The van der Waals surface area contributed by atoms with Crippen molar-refractivity contribution in [2.75, 3.05) is 66.1 Å².